The number of hydrogen-bond acceptors (Lipinski definition) is 8. The van der Waals surface area contributed by atoms with Crippen molar-refractivity contribution in [2.24, 2.45) is 0 Å². The minimum atomic E-state index is -2.88. The number of piperidine rings is 1. The smallest absolute Gasteiger partial charge is 0.387 e. The Kier molecular flexibility index (Phi) is 6.28. The number of benzene rings is 1. The molecule has 4 aromatic heterocycles. The van der Waals surface area contributed by atoms with Crippen LogP contribution in [0, 0.1) is 0 Å². The van der Waals surface area contributed by atoms with Crippen molar-refractivity contribution in [3.63, 3.8) is 0 Å². The fourth-order valence-corrected chi connectivity index (χ4v) is 4.78. The summed E-state index contributed by atoms with van der Waals surface area (Å²) in [5, 5.41) is 8.30. The summed E-state index contributed by atoms with van der Waals surface area (Å²) in [7, 11) is 1.59. The lowest BCUT2D eigenvalue weighted by Crippen LogP contribution is -2.33. The van der Waals surface area contributed by atoms with Crippen LogP contribution in [-0.2, 0) is 0 Å². The number of pyridine rings is 1. The molecule has 0 unspecified atom stereocenters. The van der Waals surface area contributed by atoms with Crippen molar-refractivity contribution < 1.29 is 18.3 Å². The van der Waals surface area contributed by atoms with Gasteiger partial charge in [-0.1, -0.05) is 12.1 Å². The largest absolute Gasteiger partial charge is 0.481 e. The van der Waals surface area contributed by atoms with E-state index in [2.05, 4.69) is 50.8 Å². The van der Waals surface area contributed by atoms with Gasteiger partial charge >= 0.3 is 6.61 Å². The molecule has 0 radical (unpaired) electrons. The molecule has 12 heteroatoms. The minimum Gasteiger partial charge on any atom is -0.481 e. The Morgan fingerprint density at radius 1 is 1.03 bits per heavy atom. The van der Waals surface area contributed by atoms with E-state index in [1.807, 2.05) is 12.1 Å². The molecule has 1 saturated heterocycles. The zero-order chi connectivity index (χ0) is 26.1. The van der Waals surface area contributed by atoms with Crippen molar-refractivity contribution in [2.45, 2.75) is 25.4 Å². The number of aromatic amines is 2. The first kappa shape index (κ1) is 23.8. The number of H-pyrrole nitrogens is 2. The van der Waals surface area contributed by atoms with E-state index in [1.54, 1.807) is 31.8 Å². The molecule has 0 saturated carbocycles. The minimum absolute atomic E-state index is 0.0734. The fourth-order valence-electron chi connectivity index (χ4n) is 4.78. The van der Waals surface area contributed by atoms with Crippen LogP contribution in [0.15, 0.2) is 55.0 Å². The molecular formula is C26H24F2N8O2. The topological polar surface area (TPSA) is 118 Å². The predicted molar refractivity (Wildman–Crippen MR) is 136 cm³/mol. The molecule has 1 aromatic carbocycles. The van der Waals surface area contributed by atoms with E-state index >= 15 is 0 Å². The summed E-state index contributed by atoms with van der Waals surface area (Å²) in [6.45, 7) is -1.31. The lowest BCUT2D eigenvalue weighted by Gasteiger charge is -2.32. The average Bonchev–Trinajstić information content (AvgIpc) is 3.61. The number of anilines is 1. The maximum Gasteiger partial charge on any atom is 0.387 e. The second kappa shape index (κ2) is 10.0. The molecule has 0 spiro atoms. The first-order valence-electron chi connectivity index (χ1n) is 12.1. The Labute approximate surface area is 216 Å². The predicted octanol–water partition coefficient (Wildman–Crippen LogP) is 4.80. The molecule has 0 bridgehead atoms. The van der Waals surface area contributed by atoms with Crippen LogP contribution in [0.25, 0.3) is 33.7 Å². The molecule has 2 N–H and O–H groups in total. The zero-order valence-electron chi connectivity index (χ0n) is 20.4. The van der Waals surface area contributed by atoms with Gasteiger partial charge in [0.15, 0.2) is 5.82 Å². The van der Waals surface area contributed by atoms with Gasteiger partial charge in [-0.05, 0) is 37.1 Å². The first-order valence-corrected chi connectivity index (χ1v) is 12.1. The van der Waals surface area contributed by atoms with Crippen molar-refractivity contribution in [3.8, 4) is 34.3 Å². The van der Waals surface area contributed by atoms with Crippen LogP contribution in [0.4, 0.5) is 14.6 Å². The van der Waals surface area contributed by atoms with Crippen molar-refractivity contribution in [1.29, 1.82) is 0 Å². The van der Waals surface area contributed by atoms with E-state index in [9.17, 15) is 8.78 Å². The van der Waals surface area contributed by atoms with Gasteiger partial charge < -0.3 is 19.4 Å². The monoisotopic (exact) mass is 518 g/mol. The second-order valence-electron chi connectivity index (χ2n) is 8.94. The summed E-state index contributed by atoms with van der Waals surface area (Å²) >= 11 is 0. The third-order valence-corrected chi connectivity index (χ3v) is 6.66. The van der Waals surface area contributed by atoms with Crippen LogP contribution in [-0.4, -0.2) is 61.9 Å². The number of hydrogen-bond donors (Lipinski definition) is 2. The molecular weight excluding hydrogens is 494 g/mol. The molecule has 1 aliphatic heterocycles. The van der Waals surface area contributed by atoms with Crippen molar-refractivity contribution in [1.82, 2.24) is 35.1 Å². The van der Waals surface area contributed by atoms with Crippen molar-refractivity contribution >= 4 is 16.9 Å². The molecule has 5 heterocycles. The number of nitrogens with zero attached hydrogens (tertiary/aromatic N) is 6. The Morgan fingerprint density at radius 2 is 1.89 bits per heavy atom. The average molecular weight is 519 g/mol. The highest BCUT2D eigenvalue weighted by Gasteiger charge is 2.26. The molecule has 6 rings (SSSR count). The van der Waals surface area contributed by atoms with Gasteiger partial charge in [-0.15, -0.1) is 0 Å². The Balaban J connectivity index is 1.17. The standard InChI is InChI=1S/C26H24F2N8O2/c1-37-21-12-16(5-8-29-21)20-13-19-24(32-20)30-14-31-25(19)36-9-6-15(7-10-36)22-33-23(35-34-22)17-3-2-4-18(11-17)38-26(27)28/h2-5,8,11-15,26H,6-7,9-10H2,1H3,(H,30,31,32)(H,33,34,35). The lowest BCUT2D eigenvalue weighted by molar-refractivity contribution is -0.0498. The summed E-state index contributed by atoms with van der Waals surface area (Å²) in [4.78, 5) is 23.5. The zero-order valence-corrected chi connectivity index (χ0v) is 20.4. The quantitative estimate of drug-likeness (QED) is 0.316. The van der Waals surface area contributed by atoms with Crippen LogP contribution >= 0.6 is 0 Å². The summed E-state index contributed by atoms with van der Waals surface area (Å²) in [6.07, 6.45) is 4.99. The maximum absolute atomic E-state index is 12.6. The molecule has 38 heavy (non-hydrogen) atoms. The van der Waals surface area contributed by atoms with Gasteiger partial charge in [0, 0.05) is 48.1 Å². The van der Waals surface area contributed by atoms with Gasteiger partial charge in [0.05, 0.1) is 12.5 Å². The third kappa shape index (κ3) is 4.72. The highest BCUT2D eigenvalue weighted by atomic mass is 19.3. The number of halogens is 2. The second-order valence-corrected chi connectivity index (χ2v) is 8.94. The normalized spacial score (nSPS) is 14.4. The van der Waals surface area contributed by atoms with Gasteiger partial charge in [-0.25, -0.2) is 19.9 Å². The summed E-state index contributed by atoms with van der Waals surface area (Å²) < 4.78 is 34.9. The van der Waals surface area contributed by atoms with Gasteiger partial charge in [0.1, 0.15) is 29.4 Å². The number of rotatable bonds is 7. The van der Waals surface area contributed by atoms with Gasteiger partial charge in [0.25, 0.3) is 0 Å². The highest BCUT2D eigenvalue weighted by Crippen LogP contribution is 2.34. The van der Waals surface area contributed by atoms with E-state index in [1.165, 1.54) is 12.1 Å². The Hall–Kier alpha value is -4.61. The van der Waals surface area contributed by atoms with Gasteiger partial charge in [-0.3, -0.25) is 5.10 Å². The molecule has 10 nitrogen and oxygen atoms in total. The van der Waals surface area contributed by atoms with Gasteiger partial charge in [0.2, 0.25) is 5.88 Å². The number of ether oxygens (including phenoxy) is 2. The summed E-state index contributed by atoms with van der Waals surface area (Å²) in [6, 6.07) is 12.2. The van der Waals surface area contributed by atoms with E-state index in [4.69, 9.17) is 4.74 Å². The fraction of sp³-hybridized carbons (Fsp3) is 0.269. The van der Waals surface area contributed by atoms with E-state index < -0.39 is 6.61 Å². The maximum atomic E-state index is 12.6. The molecule has 0 amide bonds. The van der Waals surface area contributed by atoms with Crippen molar-refractivity contribution in [3.05, 3.63) is 60.8 Å². The summed E-state index contributed by atoms with van der Waals surface area (Å²) in [5.41, 5.74) is 3.24. The number of aromatic nitrogens is 7. The SMILES string of the molecule is COc1cc(-c2cc3c(N4CCC(c5nc(-c6cccc(OC(F)F)c6)n[nH]5)CC4)ncnc3[nH]2)ccn1. The lowest BCUT2D eigenvalue weighted by atomic mass is 9.96. The molecule has 0 atom stereocenters. The Morgan fingerprint density at radius 3 is 2.71 bits per heavy atom. The first-order chi connectivity index (χ1) is 18.6. The highest BCUT2D eigenvalue weighted by molar-refractivity contribution is 5.92. The van der Waals surface area contributed by atoms with Crippen LogP contribution in [0.3, 0.4) is 0 Å². The third-order valence-electron chi connectivity index (χ3n) is 6.66. The molecule has 1 fully saturated rings. The van der Waals surface area contributed by atoms with Gasteiger partial charge in [-0.2, -0.15) is 13.9 Å². The molecule has 0 aliphatic carbocycles. The molecule has 1 aliphatic rings. The summed E-state index contributed by atoms with van der Waals surface area (Å²) in [5.74, 6) is 2.92. The molecule has 5 aromatic rings. The molecule has 194 valence electrons. The number of fused-ring (bicyclic) bond motifs is 1. The number of alkyl halides is 2. The van der Waals surface area contributed by atoms with Crippen LogP contribution in [0.1, 0.15) is 24.6 Å². The van der Waals surface area contributed by atoms with Crippen molar-refractivity contribution in [2.75, 3.05) is 25.1 Å². The van der Waals surface area contributed by atoms with Crippen LogP contribution in [0.2, 0.25) is 0 Å². The van der Waals surface area contributed by atoms with E-state index in [0.717, 1.165) is 59.9 Å². The van der Waals surface area contributed by atoms with Crippen LogP contribution < -0.4 is 14.4 Å². The number of methoxy groups -OCH3 is 1. The Bertz CT molecular complexity index is 1560. The number of nitrogens with one attached hydrogen (secondary N) is 2. The van der Waals surface area contributed by atoms with E-state index in [-0.39, 0.29) is 11.7 Å². The van der Waals surface area contributed by atoms with E-state index in [0.29, 0.717) is 17.3 Å². The van der Waals surface area contributed by atoms with Crippen LogP contribution in [0.5, 0.6) is 11.6 Å².